The number of aryl methyl sites for hydroxylation is 1. The first-order chi connectivity index (χ1) is 21.0. The van der Waals surface area contributed by atoms with Crippen LogP contribution in [0.5, 0.6) is 5.75 Å². The summed E-state index contributed by atoms with van der Waals surface area (Å²) in [5, 5.41) is 33.0. The average Bonchev–Trinajstić information content (AvgIpc) is 2.97. The Morgan fingerprint density at radius 1 is 0.886 bits per heavy atom. The minimum atomic E-state index is -0.411. The number of rotatable bonds is 17. The summed E-state index contributed by atoms with van der Waals surface area (Å²) in [6, 6.07) is 12.3. The molecule has 0 aliphatic rings. The van der Waals surface area contributed by atoms with E-state index >= 15 is 0 Å². The SMILES string of the molecule is CC(=CCc1c(C)c(N=Nc2ccc([N+](=O)[O-])cc2C)c2ccccc2c1O)CCCC(C)CCCC(C)CCCC(C)C. The maximum Gasteiger partial charge on any atom is 0.269 e. The molecule has 0 fully saturated rings. The Kier molecular flexibility index (Phi) is 13.6. The number of phenolic OH excluding ortho intramolecular Hbond substituents is 1. The fraction of sp³-hybridized carbons (Fsp3) is 0.526. The highest BCUT2D eigenvalue weighted by molar-refractivity contribution is 5.99. The minimum absolute atomic E-state index is 0.0316. The molecular weight excluding hydrogens is 546 g/mol. The van der Waals surface area contributed by atoms with Gasteiger partial charge in [0.2, 0.25) is 0 Å². The summed E-state index contributed by atoms with van der Waals surface area (Å²) in [4.78, 5) is 10.7. The van der Waals surface area contributed by atoms with Gasteiger partial charge in [0, 0.05) is 28.5 Å². The minimum Gasteiger partial charge on any atom is -0.507 e. The van der Waals surface area contributed by atoms with Crippen LogP contribution in [0, 0.1) is 41.7 Å². The summed E-state index contributed by atoms with van der Waals surface area (Å²) in [6.07, 6.45) is 14.4. The van der Waals surface area contributed by atoms with Crippen LogP contribution in [0.25, 0.3) is 10.8 Å². The molecule has 2 unspecified atom stereocenters. The topological polar surface area (TPSA) is 88.1 Å². The Balaban J connectivity index is 1.63. The van der Waals surface area contributed by atoms with Gasteiger partial charge in [-0.2, -0.15) is 5.11 Å². The molecule has 0 amide bonds. The van der Waals surface area contributed by atoms with Crippen LogP contribution in [0.3, 0.4) is 0 Å². The number of nitrogens with zero attached hydrogens (tertiary/aromatic N) is 3. The van der Waals surface area contributed by atoms with E-state index in [9.17, 15) is 15.2 Å². The van der Waals surface area contributed by atoms with E-state index in [1.54, 1.807) is 13.0 Å². The Labute approximate surface area is 264 Å². The first kappa shape index (κ1) is 34.9. The van der Waals surface area contributed by atoms with Gasteiger partial charge < -0.3 is 5.11 Å². The molecule has 0 spiro atoms. The third kappa shape index (κ3) is 10.3. The average molecular weight is 600 g/mol. The van der Waals surface area contributed by atoms with Crippen LogP contribution in [0.15, 0.2) is 64.3 Å². The monoisotopic (exact) mass is 599 g/mol. The highest BCUT2D eigenvalue weighted by atomic mass is 16.6. The van der Waals surface area contributed by atoms with E-state index in [0.717, 1.165) is 46.1 Å². The third-order valence-corrected chi connectivity index (χ3v) is 8.97. The van der Waals surface area contributed by atoms with Crippen molar-refractivity contribution >= 4 is 27.8 Å². The van der Waals surface area contributed by atoms with Gasteiger partial charge in [-0.3, -0.25) is 10.1 Å². The summed E-state index contributed by atoms with van der Waals surface area (Å²) in [7, 11) is 0. The first-order valence-corrected chi connectivity index (χ1v) is 16.5. The van der Waals surface area contributed by atoms with Crippen LogP contribution in [-0.4, -0.2) is 10.0 Å². The molecule has 0 bridgehead atoms. The highest BCUT2D eigenvalue weighted by Crippen LogP contribution is 2.41. The number of nitro groups is 1. The van der Waals surface area contributed by atoms with Crippen LogP contribution in [0.4, 0.5) is 17.1 Å². The summed E-state index contributed by atoms with van der Waals surface area (Å²) < 4.78 is 0. The van der Waals surface area contributed by atoms with E-state index in [1.807, 2.05) is 31.2 Å². The molecule has 0 saturated heterocycles. The first-order valence-electron chi connectivity index (χ1n) is 16.5. The number of azo groups is 1. The largest absolute Gasteiger partial charge is 0.507 e. The zero-order chi connectivity index (χ0) is 32.2. The van der Waals surface area contributed by atoms with Crippen LogP contribution in [0.1, 0.15) is 109 Å². The van der Waals surface area contributed by atoms with Gasteiger partial charge in [-0.1, -0.05) is 109 Å². The molecular formula is C38H53N3O3. The molecule has 6 heteroatoms. The highest BCUT2D eigenvalue weighted by Gasteiger charge is 2.16. The van der Waals surface area contributed by atoms with Crippen molar-refractivity contribution in [1.82, 2.24) is 0 Å². The fourth-order valence-corrected chi connectivity index (χ4v) is 6.01. The van der Waals surface area contributed by atoms with E-state index in [-0.39, 0.29) is 5.69 Å². The van der Waals surface area contributed by atoms with Crippen molar-refractivity contribution in [3.8, 4) is 5.75 Å². The van der Waals surface area contributed by atoms with E-state index < -0.39 is 4.92 Å². The number of fused-ring (bicyclic) bond motifs is 1. The lowest BCUT2D eigenvalue weighted by atomic mass is 9.91. The fourth-order valence-electron chi connectivity index (χ4n) is 6.01. The van der Waals surface area contributed by atoms with Crippen LogP contribution >= 0.6 is 0 Å². The normalized spacial score (nSPS) is 13.7. The molecule has 3 rings (SSSR count). The maximum atomic E-state index is 11.3. The molecule has 0 aromatic heterocycles. The molecule has 3 aromatic carbocycles. The van der Waals surface area contributed by atoms with Gasteiger partial charge >= 0.3 is 0 Å². The predicted molar refractivity (Wildman–Crippen MR) is 185 cm³/mol. The lowest BCUT2D eigenvalue weighted by molar-refractivity contribution is -0.384. The number of non-ortho nitro benzene ring substituents is 1. The van der Waals surface area contributed by atoms with Crippen LogP contribution in [-0.2, 0) is 6.42 Å². The van der Waals surface area contributed by atoms with Gasteiger partial charge in [-0.25, -0.2) is 0 Å². The van der Waals surface area contributed by atoms with Crippen molar-refractivity contribution in [1.29, 1.82) is 0 Å². The summed E-state index contributed by atoms with van der Waals surface area (Å²) >= 11 is 0. The zero-order valence-corrected chi connectivity index (χ0v) is 28.0. The van der Waals surface area contributed by atoms with Crippen LogP contribution in [0.2, 0.25) is 0 Å². The number of nitro benzene ring substituents is 1. The second-order valence-corrected chi connectivity index (χ2v) is 13.4. The Morgan fingerprint density at radius 3 is 2.11 bits per heavy atom. The molecule has 2 atom stereocenters. The molecule has 3 aromatic rings. The second kappa shape index (κ2) is 17.1. The van der Waals surface area contributed by atoms with Crippen molar-refractivity contribution in [3.05, 3.63) is 80.9 Å². The third-order valence-electron chi connectivity index (χ3n) is 8.97. The smallest absolute Gasteiger partial charge is 0.269 e. The molecule has 0 radical (unpaired) electrons. The summed E-state index contributed by atoms with van der Waals surface area (Å²) in [6.45, 7) is 15.4. The number of benzene rings is 3. The summed E-state index contributed by atoms with van der Waals surface area (Å²) in [5.74, 6) is 2.70. The summed E-state index contributed by atoms with van der Waals surface area (Å²) in [5.41, 5.74) is 5.09. The molecule has 0 saturated carbocycles. The number of hydrogen-bond acceptors (Lipinski definition) is 5. The molecule has 44 heavy (non-hydrogen) atoms. The maximum absolute atomic E-state index is 11.3. The van der Waals surface area contributed by atoms with Crippen molar-refractivity contribution in [2.75, 3.05) is 0 Å². The van der Waals surface area contributed by atoms with Gasteiger partial charge in [-0.05, 0) is 75.0 Å². The zero-order valence-electron chi connectivity index (χ0n) is 28.0. The Hall–Kier alpha value is -3.54. The molecule has 0 aliphatic carbocycles. The quantitative estimate of drug-likeness (QED) is 0.0724. The van der Waals surface area contributed by atoms with Crippen molar-refractivity contribution in [2.24, 2.45) is 28.0 Å². The number of allylic oxidation sites excluding steroid dienone is 2. The number of aromatic hydroxyl groups is 1. The second-order valence-electron chi connectivity index (χ2n) is 13.4. The molecule has 1 N–H and O–H groups in total. The van der Waals surface area contributed by atoms with E-state index in [1.165, 1.54) is 69.1 Å². The van der Waals surface area contributed by atoms with Crippen molar-refractivity contribution < 1.29 is 10.0 Å². The Bertz CT molecular complexity index is 1460. The van der Waals surface area contributed by atoms with E-state index in [4.69, 9.17) is 0 Å². The van der Waals surface area contributed by atoms with E-state index in [2.05, 4.69) is 50.9 Å². The van der Waals surface area contributed by atoms with Crippen molar-refractivity contribution in [3.63, 3.8) is 0 Å². The van der Waals surface area contributed by atoms with Gasteiger partial charge in [-0.15, -0.1) is 5.11 Å². The van der Waals surface area contributed by atoms with Gasteiger partial charge in [0.25, 0.3) is 5.69 Å². The number of hydrogen-bond donors (Lipinski definition) is 1. The lowest BCUT2D eigenvalue weighted by Crippen LogP contribution is -2.00. The number of phenols is 1. The van der Waals surface area contributed by atoms with Crippen LogP contribution < -0.4 is 0 Å². The van der Waals surface area contributed by atoms with Crippen molar-refractivity contribution in [2.45, 2.75) is 113 Å². The Morgan fingerprint density at radius 2 is 1.50 bits per heavy atom. The predicted octanol–water partition coefficient (Wildman–Crippen LogP) is 12.4. The van der Waals surface area contributed by atoms with Gasteiger partial charge in [0.05, 0.1) is 16.3 Å². The molecule has 238 valence electrons. The molecule has 6 nitrogen and oxygen atoms in total. The molecule has 0 heterocycles. The van der Waals surface area contributed by atoms with Gasteiger partial charge in [0.1, 0.15) is 5.75 Å². The lowest BCUT2D eigenvalue weighted by Gasteiger charge is -2.15. The van der Waals surface area contributed by atoms with Gasteiger partial charge in [0.15, 0.2) is 0 Å². The standard InChI is InChI=1S/C38H53N3O3/c1-26(2)13-10-14-27(3)15-11-16-28(4)17-12-18-29(5)21-23-33-31(7)37(34-19-8-9-20-35(34)38(33)42)40-39-36-24-22-32(41(43)44)25-30(36)6/h8-9,19-22,24-28,42H,10-18,23H2,1-7H3. The van der Waals surface area contributed by atoms with E-state index in [0.29, 0.717) is 29.1 Å². The molecule has 0 aliphatic heterocycles.